The number of nitrogens with two attached hydrogens (primary N) is 2. The molecule has 4 N–H and O–H groups in total. The van der Waals surface area contributed by atoms with Gasteiger partial charge in [0.25, 0.3) is 0 Å². The Labute approximate surface area is 92.8 Å². The molecule has 0 aliphatic carbocycles. The van der Waals surface area contributed by atoms with Gasteiger partial charge in [-0.25, -0.2) is 4.98 Å². The molecule has 3 nitrogen and oxygen atoms in total. The lowest BCUT2D eigenvalue weighted by molar-refractivity contribution is 0.710. The summed E-state index contributed by atoms with van der Waals surface area (Å²) in [6.45, 7) is 0. The Hall–Kier alpha value is -1.39. The van der Waals surface area contributed by atoms with Gasteiger partial charge in [-0.3, -0.25) is 0 Å². The van der Waals surface area contributed by atoms with E-state index in [0.29, 0.717) is 5.13 Å². The molecule has 0 amide bonds. The molecule has 0 radical (unpaired) electrons. The number of aromatic nitrogens is 1. The molecule has 78 valence electrons. The van der Waals surface area contributed by atoms with Gasteiger partial charge < -0.3 is 11.5 Å². The number of thiazole rings is 1. The van der Waals surface area contributed by atoms with Crippen molar-refractivity contribution in [2.75, 3.05) is 5.73 Å². The summed E-state index contributed by atoms with van der Waals surface area (Å²) >= 11 is 1.45. The first kappa shape index (κ1) is 10.1. The third kappa shape index (κ3) is 2.55. The van der Waals surface area contributed by atoms with Gasteiger partial charge in [0.05, 0.1) is 5.69 Å². The number of nitrogen functional groups attached to an aromatic ring is 1. The Balaban J connectivity index is 2.07. The lowest BCUT2D eigenvalue weighted by Crippen LogP contribution is -2.13. The first-order valence-electron chi connectivity index (χ1n) is 4.76. The fourth-order valence-corrected chi connectivity index (χ4v) is 2.04. The molecule has 2 rings (SSSR count). The molecule has 4 heteroatoms. The molecule has 0 aliphatic rings. The minimum atomic E-state index is -0.00676. The minimum Gasteiger partial charge on any atom is -0.375 e. The predicted octanol–water partition coefficient (Wildman–Crippen LogP) is 1.97. The van der Waals surface area contributed by atoms with Crippen molar-refractivity contribution in [3.63, 3.8) is 0 Å². The molecular weight excluding hydrogens is 206 g/mol. The summed E-state index contributed by atoms with van der Waals surface area (Å²) in [4.78, 5) is 4.19. The summed E-state index contributed by atoms with van der Waals surface area (Å²) < 4.78 is 0. The van der Waals surface area contributed by atoms with Gasteiger partial charge in [-0.2, -0.15) is 0 Å². The maximum Gasteiger partial charge on any atom is 0.180 e. The topological polar surface area (TPSA) is 64.9 Å². The Morgan fingerprint density at radius 3 is 2.60 bits per heavy atom. The van der Waals surface area contributed by atoms with E-state index >= 15 is 0 Å². The second-order valence-corrected chi connectivity index (χ2v) is 4.29. The molecule has 0 saturated carbocycles. The molecule has 15 heavy (non-hydrogen) atoms. The molecule has 0 bridgehead atoms. The van der Waals surface area contributed by atoms with Gasteiger partial charge in [0.2, 0.25) is 0 Å². The van der Waals surface area contributed by atoms with Crippen LogP contribution in [0.2, 0.25) is 0 Å². The van der Waals surface area contributed by atoms with E-state index in [2.05, 4.69) is 4.98 Å². The molecule has 0 fully saturated rings. The molecule has 0 spiro atoms. The van der Waals surface area contributed by atoms with Gasteiger partial charge in [-0.05, 0) is 5.56 Å². The van der Waals surface area contributed by atoms with Crippen LogP contribution in [0.1, 0.15) is 17.3 Å². The van der Waals surface area contributed by atoms with Crippen molar-refractivity contribution in [1.29, 1.82) is 0 Å². The van der Waals surface area contributed by atoms with Crippen molar-refractivity contribution in [1.82, 2.24) is 4.98 Å². The van der Waals surface area contributed by atoms with Gasteiger partial charge in [0.15, 0.2) is 5.13 Å². The molecule has 1 aromatic heterocycles. The third-order valence-corrected chi connectivity index (χ3v) is 2.95. The largest absolute Gasteiger partial charge is 0.375 e. The highest BCUT2D eigenvalue weighted by molar-refractivity contribution is 7.13. The quantitative estimate of drug-likeness (QED) is 0.829. The van der Waals surface area contributed by atoms with E-state index in [0.717, 1.165) is 17.7 Å². The lowest BCUT2D eigenvalue weighted by atomic mass is 10.0. The second-order valence-electron chi connectivity index (χ2n) is 3.40. The highest BCUT2D eigenvalue weighted by Gasteiger charge is 2.08. The Bertz CT molecular complexity index is 424. The highest BCUT2D eigenvalue weighted by Crippen LogP contribution is 2.18. The fraction of sp³-hybridized carbons (Fsp3) is 0.182. The second kappa shape index (κ2) is 4.42. The molecule has 1 heterocycles. The molecule has 1 unspecified atom stereocenters. The van der Waals surface area contributed by atoms with Crippen LogP contribution in [-0.4, -0.2) is 4.98 Å². The average Bonchev–Trinajstić information content (AvgIpc) is 2.65. The zero-order chi connectivity index (χ0) is 10.7. The van der Waals surface area contributed by atoms with E-state index in [1.165, 1.54) is 11.3 Å². The van der Waals surface area contributed by atoms with Crippen LogP contribution in [0.4, 0.5) is 5.13 Å². The normalized spacial score (nSPS) is 12.6. The summed E-state index contributed by atoms with van der Waals surface area (Å²) in [5.74, 6) is 0. The SMILES string of the molecule is Nc1nc(CC(N)c2ccccc2)cs1. The lowest BCUT2D eigenvalue weighted by Gasteiger charge is -2.09. The van der Waals surface area contributed by atoms with Crippen LogP contribution < -0.4 is 11.5 Å². The predicted molar refractivity (Wildman–Crippen MR) is 63.6 cm³/mol. The van der Waals surface area contributed by atoms with Crippen LogP contribution in [0.5, 0.6) is 0 Å². The molecule has 0 saturated heterocycles. The molecular formula is C11H13N3S. The summed E-state index contributed by atoms with van der Waals surface area (Å²) in [5.41, 5.74) is 13.7. The molecule has 0 aliphatic heterocycles. The summed E-state index contributed by atoms with van der Waals surface area (Å²) in [6.07, 6.45) is 0.734. The van der Waals surface area contributed by atoms with Gasteiger partial charge in [0, 0.05) is 17.8 Å². The van der Waals surface area contributed by atoms with E-state index in [1.54, 1.807) is 0 Å². The first-order valence-corrected chi connectivity index (χ1v) is 5.64. The monoisotopic (exact) mass is 219 g/mol. The Morgan fingerprint density at radius 2 is 2.00 bits per heavy atom. The molecule has 1 aromatic carbocycles. The fourth-order valence-electron chi connectivity index (χ4n) is 1.46. The van der Waals surface area contributed by atoms with Crippen molar-refractivity contribution in [2.45, 2.75) is 12.5 Å². The van der Waals surface area contributed by atoms with Crippen molar-refractivity contribution in [3.8, 4) is 0 Å². The number of benzene rings is 1. The van der Waals surface area contributed by atoms with Crippen LogP contribution in [0.25, 0.3) is 0 Å². The summed E-state index contributed by atoms with van der Waals surface area (Å²) in [7, 11) is 0. The average molecular weight is 219 g/mol. The van der Waals surface area contributed by atoms with Crippen LogP contribution in [0.15, 0.2) is 35.7 Å². The number of hydrogen-bond acceptors (Lipinski definition) is 4. The third-order valence-electron chi connectivity index (χ3n) is 2.23. The van der Waals surface area contributed by atoms with E-state index < -0.39 is 0 Å². The van der Waals surface area contributed by atoms with E-state index in [9.17, 15) is 0 Å². The van der Waals surface area contributed by atoms with E-state index in [-0.39, 0.29) is 6.04 Å². The van der Waals surface area contributed by atoms with Crippen molar-refractivity contribution < 1.29 is 0 Å². The van der Waals surface area contributed by atoms with Crippen LogP contribution in [0, 0.1) is 0 Å². The van der Waals surface area contributed by atoms with Crippen LogP contribution in [-0.2, 0) is 6.42 Å². The zero-order valence-electron chi connectivity index (χ0n) is 8.26. The minimum absolute atomic E-state index is 0.00676. The first-order chi connectivity index (χ1) is 7.25. The van der Waals surface area contributed by atoms with Crippen molar-refractivity contribution in [3.05, 3.63) is 47.0 Å². The van der Waals surface area contributed by atoms with Gasteiger partial charge >= 0.3 is 0 Å². The standard InChI is InChI=1S/C11H13N3S/c12-10(8-4-2-1-3-5-8)6-9-7-15-11(13)14-9/h1-5,7,10H,6,12H2,(H2,13,14). The highest BCUT2D eigenvalue weighted by atomic mass is 32.1. The van der Waals surface area contributed by atoms with E-state index in [1.807, 2.05) is 35.7 Å². The van der Waals surface area contributed by atoms with Crippen molar-refractivity contribution >= 4 is 16.5 Å². The van der Waals surface area contributed by atoms with Crippen LogP contribution in [0.3, 0.4) is 0 Å². The molecule has 1 atom stereocenters. The summed E-state index contributed by atoms with van der Waals surface area (Å²) in [6, 6.07) is 10.0. The zero-order valence-corrected chi connectivity index (χ0v) is 9.08. The van der Waals surface area contributed by atoms with Gasteiger partial charge in [-0.1, -0.05) is 30.3 Å². The number of anilines is 1. The Kier molecular flexibility index (Phi) is 2.99. The number of rotatable bonds is 3. The maximum atomic E-state index is 6.06. The summed E-state index contributed by atoms with van der Waals surface area (Å²) in [5, 5.41) is 2.56. The van der Waals surface area contributed by atoms with Crippen molar-refractivity contribution in [2.24, 2.45) is 5.73 Å². The van der Waals surface area contributed by atoms with Gasteiger partial charge in [0.1, 0.15) is 0 Å². The molecule has 2 aromatic rings. The smallest absolute Gasteiger partial charge is 0.180 e. The number of nitrogens with zero attached hydrogens (tertiary/aromatic N) is 1. The number of hydrogen-bond donors (Lipinski definition) is 2. The van der Waals surface area contributed by atoms with E-state index in [4.69, 9.17) is 11.5 Å². The van der Waals surface area contributed by atoms with Crippen LogP contribution >= 0.6 is 11.3 Å². The maximum absolute atomic E-state index is 6.06. The van der Waals surface area contributed by atoms with Gasteiger partial charge in [-0.15, -0.1) is 11.3 Å². The Morgan fingerprint density at radius 1 is 1.27 bits per heavy atom.